The minimum absolute atomic E-state index is 0.203. The van der Waals surface area contributed by atoms with Gasteiger partial charge in [-0.05, 0) is 57.2 Å². The van der Waals surface area contributed by atoms with Gasteiger partial charge in [0.25, 0.3) is 0 Å². The third-order valence-corrected chi connectivity index (χ3v) is 4.61. The summed E-state index contributed by atoms with van der Waals surface area (Å²) in [7, 11) is 0. The van der Waals surface area contributed by atoms with Gasteiger partial charge >= 0.3 is 0 Å². The van der Waals surface area contributed by atoms with Crippen LogP contribution in [0.2, 0.25) is 0 Å². The molecule has 0 aliphatic carbocycles. The van der Waals surface area contributed by atoms with E-state index in [0.29, 0.717) is 12.5 Å². The first kappa shape index (κ1) is 17.0. The maximum Gasteiger partial charge on any atom is 0.220 e. The average molecular weight is 302 g/mol. The lowest BCUT2D eigenvalue weighted by Crippen LogP contribution is -2.44. The molecule has 22 heavy (non-hydrogen) atoms. The molecule has 1 saturated heterocycles. The summed E-state index contributed by atoms with van der Waals surface area (Å²) in [6.07, 6.45) is 4.84. The molecule has 0 unspecified atom stereocenters. The van der Waals surface area contributed by atoms with Crippen molar-refractivity contribution in [2.75, 3.05) is 19.6 Å². The number of likely N-dealkylation sites (tertiary alicyclic amines) is 1. The minimum Gasteiger partial charge on any atom is -0.353 e. The van der Waals surface area contributed by atoms with Crippen LogP contribution in [0.3, 0.4) is 0 Å². The summed E-state index contributed by atoms with van der Waals surface area (Å²) in [5.41, 5.74) is 3.86. The van der Waals surface area contributed by atoms with Crippen molar-refractivity contribution in [3.63, 3.8) is 0 Å². The van der Waals surface area contributed by atoms with E-state index >= 15 is 0 Å². The normalized spacial score (nSPS) is 16.7. The number of amides is 1. The predicted octanol–water partition coefficient (Wildman–Crippen LogP) is 3.23. The van der Waals surface area contributed by atoms with Crippen molar-refractivity contribution < 1.29 is 4.79 Å². The highest BCUT2D eigenvalue weighted by molar-refractivity contribution is 5.76. The molecule has 1 aliphatic rings. The first-order valence-electron chi connectivity index (χ1n) is 8.66. The highest BCUT2D eigenvalue weighted by Crippen LogP contribution is 2.14. The number of carbonyl (C=O) groups excluding carboxylic acids is 1. The van der Waals surface area contributed by atoms with E-state index in [-0.39, 0.29) is 5.91 Å². The van der Waals surface area contributed by atoms with E-state index in [1.165, 1.54) is 29.7 Å². The lowest BCUT2D eigenvalue weighted by molar-refractivity contribution is -0.122. The molecule has 1 N–H and O–H groups in total. The maximum atomic E-state index is 12.1. The SMILES string of the molecule is CCCN1CCC(NC(=O)CCc2ccc(C)cc2C)CC1. The fourth-order valence-electron chi connectivity index (χ4n) is 3.29. The maximum absolute atomic E-state index is 12.1. The molecule has 1 aromatic carbocycles. The van der Waals surface area contributed by atoms with Crippen LogP contribution in [0.1, 0.15) is 49.3 Å². The second kappa shape index (κ2) is 8.33. The summed E-state index contributed by atoms with van der Waals surface area (Å²) in [4.78, 5) is 14.6. The molecule has 1 amide bonds. The standard InChI is InChI=1S/C19H30N2O/c1-4-11-21-12-9-18(10-13-21)20-19(22)8-7-17-6-5-15(2)14-16(17)3/h5-6,14,18H,4,7-13H2,1-3H3,(H,20,22). The number of piperidine rings is 1. The Bertz CT molecular complexity index is 490. The number of rotatable bonds is 6. The summed E-state index contributed by atoms with van der Waals surface area (Å²) < 4.78 is 0. The van der Waals surface area contributed by atoms with Crippen molar-refractivity contribution >= 4 is 5.91 Å². The number of aryl methyl sites for hydroxylation is 3. The Balaban J connectivity index is 1.72. The molecular weight excluding hydrogens is 272 g/mol. The largest absolute Gasteiger partial charge is 0.353 e. The summed E-state index contributed by atoms with van der Waals surface area (Å²) in [6, 6.07) is 6.85. The zero-order chi connectivity index (χ0) is 15.9. The molecule has 0 atom stereocenters. The number of hydrogen-bond donors (Lipinski definition) is 1. The molecule has 1 heterocycles. The van der Waals surface area contributed by atoms with Crippen LogP contribution in [0.4, 0.5) is 0 Å². The van der Waals surface area contributed by atoms with Gasteiger partial charge in [0.05, 0.1) is 0 Å². The van der Waals surface area contributed by atoms with E-state index in [1.54, 1.807) is 0 Å². The monoisotopic (exact) mass is 302 g/mol. The first-order chi connectivity index (χ1) is 10.6. The number of nitrogens with zero attached hydrogens (tertiary/aromatic N) is 1. The smallest absolute Gasteiger partial charge is 0.220 e. The molecule has 1 aromatic rings. The highest BCUT2D eigenvalue weighted by Gasteiger charge is 2.19. The lowest BCUT2D eigenvalue weighted by Gasteiger charge is -2.32. The van der Waals surface area contributed by atoms with Crippen LogP contribution in [-0.4, -0.2) is 36.5 Å². The summed E-state index contributed by atoms with van der Waals surface area (Å²) >= 11 is 0. The molecule has 1 aliphatic heterocycles. The Morgan fingerprint density at radius 1 is 1.27 bits per heavy atom. The Hall–Kier alpha value is -1.35. The van der Waals surface area contributed by atoms with Gasteiger partial charge in [-0.15, -0.1) is 0 Å². The molecule has 0 aromatic heterocycles. The molecule has 3 nitrogen and oxygen atoms in total. The van der Waals surface area contributed by atoms with Gasteiger partial charge in [-0.3, -0.25) is 4.79 Å². The zero-order valence-corrected chi connectivity index (χ0v) is 14.3. The van der Waals surface area contributed by atoms with E-state index in [0.717, 1.165) is 32.4 Å². The third kappa shape index (κ3) is 5.13. The molecular formula is C19H30N2O. The van der Waals surface area contributed by atoms with Gasteiger partial charge in [-0.1, -0.05) is 30.7 Å². The molecule has 0 radical (unpaired) electrons. The van der Waals surface area contributed by atoms with Gasteiger partial charge in [-0.25, -0.2) is 0 Å². The third-order valence-electron chi connectivity index (χ3n) is 4.61. The Morgan fingerprint density at radius 3 is 2.64 bits per heavy atom. The molecule has 3 heteroatoms. The Morgan fingerprint density at radius 2 is 2.00 bits per heavy atom. The molecule has 0 bridgehead atoms. The number of carbonyl (C=O) groups is 1. The van der Waals surface area contributed by atoms with E-state index in [1.807, 2.05) is 0 Å². The van der Waals surface area contributed by atoms with Crippen LogP contribution in [0.5, 0.6) is 0 Å². The second-order valence-electron chi connectivity index (χ2n) is 6.61. The Kier molecular flexibility index (Phi) is 6.44. The number of nitrogens with one attached hydrogen (secondary N) is 1. The first-order valence-corrected chi connectivity index (χ1v) is 8.66. The zero-order valence-electron chi connectivity index (χ0n) is 14.3. The van der Waals surface area contributed by atoms with Gasteiger partial charge in [0, 0.05) is 25.6 Å². The van der Waals surface area contributed by atoms with Crippen LogP contribution in [-0.2, 0) is 11.2 Å². The molecule has 2 rings (SSSR count). The van der Waals surface area contributed by atoms with E-state index < -0.39 is 0 Å². The van der Waals surface area contributed by atoms with Crippen LogP contribution in [0.25, 0.3) is 0 Å². The van der Waals surface area contributed by atoms with Crippen LogP contribution in [0.15, 0.2) is 18.2 Å². The van der Waals surface area contributed by atoms with Crippen molar-refractivity contribution in [2.45, 2.75) is 58.9 Å². The molecule has 1 fully saturated rings. The highest BCUT2D eigenvalue weighted by atomic mass is 16.1. The van der Waals surface area contributed by atoms with Gasteiger partial charge in [0.1, 0.15) is 0 Å². The van der Waals surface area contributed by atoms with E-state index in [9.17, 15) is 4.79 Å². The second-order valence-corrected chi connectivity index (χ2v) is 6.61. The van der Waals surface area contributed by atoms with Crippen molar-refractivity contribution in [2.24, 2.45) is 0 Å². The molecule has 0 saturated carbocycles. The number of hydrogen-bond acceptors (Lipinski definition) is 2. The van der Waals surface area contributed by atoms with Crippen molar-refractivity contribution in [1.82, 2.24) is 10.2 Å². The predicted molar refractivity (Wildman–Crippen MR) is 92.1 cm³/mol. The number of benzene rings is 1. The summed E-state index contributed by atoms with van der Waals surface area (Å²) in [5, 5.41) is 3.22. The van der Waals surface area contributed by atoms with Crippen molar-refractivity contribution in [1.29, 1.82) is 0 Å². The van der Waals surface area contributed by atoms with Gasteiger partial charge < -0.3 is 10.2 Å². The van der Waals surface area contributed by atoms with Gasteiger partial charge in [0.2, 0.25) is 5.91 Å². The van der Waals surface area contributed by atoms with Crippen molar-refractivity contribution in [3.8, 4) is 0 Å². The summed E-state index contributed by atoms with van der Waals surface area (Å²) in [5.74, 6) is 0.203. The van der Waals surface area contributed by atoms with Crippen LogP contribution >= 0.6 is 0 Å². The lowest BCUT2D eigenvalue weighted by atomic mass is 10.0. The van der Waals surface area contributed by atoms with E-state index in [2.05, 4.69) is 49.2 Å². The molecule has 122 valence electrons. The quantitative estimate of drug-likeness (QED) is 0.875. The minimum atomic E-state index is 0.203. The summed E-state index contributed by atoms with van der Waals surface area (Å²) in [6.45, 7) is 9.89. The van der Waals surface area contributed by atoms with Crippen LogP contribution < -0.4 is 5.32 Å². The van der Waals surface area contributed by atoms with Crippen molar-refractivity contribution in [3.05, 3.63) is 34.9 Å². The van der Waals surface area contributed by atoms with Gasteiger partial charge in [0.15, 0.2) is 0 Å². The van der Waals surface area contributed by atoms with Crippen LogP contribution in [0, 0.1) is 13.8 Å². The topological polar surface area (TPSA) is 32.3 Å². The van der Waals surface area contributed by atoms with E-state index in [4.69, 9.17) is 0 Å². The average Bonchev–Trinajstić information content (AvgIpc) is 2.49. The fourth-order valence-corrected chi connectivity index (χ4v) is 3.29. The Labute approximate surface area is 135 Å². The van der Waals surface area contributed by atoms with Gasteiger partial charge in [-0.2, -0.15) is 0 Å². The fraction of sp³-hybridized carbons (Fsp3) is 0.632. The molecule has 0 spiro atoms.